The molecule has 1 rings (SSSR count). The molecular weight excluding hydrogens is 210 g/mol. The maximum atomic E-state index is 9.87. The molecule has 0 amide bonds. The summed E-state index contributed by atoms with van der Waals surface area (Å²) in [7, 11) is 0. The second-order valence-electron chi connectivity index (χ2n) is 4.09. The first-order chi connectivity index (χ1) is 7.11. The lowest BCUT2D eigenvalue weighted by molar-refractivity contribution is 0.173. The Bertz CT molecular complexity index is 301. The molecule has 1 unspecified atom stereocenters. The van der Waals surface area contributed by atoms with Gasteiger partial charge < -0.3 is 10.4 Å². The van der Waals surface area contributed by atoms with Gasteiger partial charge in [-0.2, -0.15) is 0 Å². The standard InChI is InChI=1S/C12H18ClNO/c1-9(2)7-14-8-12(15)10-5-3-4-6-11(10)13/h3-6,9,12,14-15H,7-8H2,1-2H3. The van der Waals surface area contributed by atoms with Gasteiger partial charge in [-0.05, 0) is 18.5 Å². The van der Waals surface area contributed by atoms with Crippen LogP contribution in [0.5, 0.6) is 0 Å². The maximum Gasteiger partial charge on any atom is 0.0928 e. The third kappa shape index (κ3) is 4.20. The molecule has 2 N–H and O–H groups in total. The van der Waals surface area contributed by atoms with Crippen molar-refractivity contribution in [3.63, 3.8) is 0 Å². The zero-order chi connectivity index (χ0) is 11.3. The van der Waals surface area contributed by atoms with Gasteiger partial charge in [-0.1, -0.05) is 43.6 Å². The minimum absolute atomic E-state index is 0.530. The van der Waals surface area contributed by atoms with E-state index in [-0.39, 0.29) is 0 Å². The van der Waals surface area contributed by atoms with Crippen molar-refractivity contribution in [3.05, 3.63) is 34.9 Å². The zero-order valence-corrected chi connectivity index (χ0v) is 9.96. The van der Waals surface area contributed by atoms with E-state index in [1.165, 1.54) is 0 Å². The number of hydrogen-bond donors (Lipinski definition) is 2. The monoisotopic (exact) mass is 227 g/mol. The lowest BCUT2D eigenvalue weighted by Gasteiger charge is -2.14. The van der Waals surface area contributed by atoms with Crippen LogP contribution in [0.1, 0.15) is 25.5 Å². The van der Waals surface area contributed by atoms with E-state index < -0.39 is 6.10 Å². The van der Waals surface area contributed by atoms with Gasteiger partial charge >= 0.3 is 0 Å². The molecule has 0 bridgehead atoms. The molecule has 2 nitrogen and oxygen atoms in total. The molecule has 1 aromatic rings. The lowest BCUT2D eigenvalue weighted by atomic mass is 10.1. The summed E-state index contributed by atoms with van der Waals surface area (Å²) in [5, 5.41) is 13.7. The maximum absolute atomic E-state index is 9.87. The summed E-state index contributed by atoms with van der Waals surface area (Å²) < 4.78 is 0. The smallest absolute Gasteiger partial charge is 0.0928 e. The molecule has 0 aliphatic carbocycles. The number of hydrogen-bond acceptors (Lipinski definition) is 2. The van der Waals surface area contributed by atoms with Crippen LogP contribution in [0.2, 0.25) is 5.02 Å². The summed E-state index contributed by atoms with van der Waals surface area (Å²) >= 11 is 5.97. The van der Waals surface area contributed by atoms with Crippen molar-refractivity contribution in [3.8, 4) is 0 Å². The SMILES string of the molecule is CC(C)CNCC(O)c1ccccc1Cl. The highest BCUT2D eigenvalue weighted by molar-refractivity contribution is 6.31. The first-order valence-electron chi connectivity index (χ1n) is 5.24. The molecule has 3 heteroatoms. The van der Waals surface area contributed by atoms with Crippen LogP contribution in [0.4, 0.5) is 0 Å². The highest BCUT2D eigenvalue weighted by atomic mass is 35.5. The summed E-state index contributed by atoms with van der Waals surface area (Å²) in [6.07, 6.45) is -0.530. The van der Waals surface area contributed by atoms with E-state index in [4.69, 9.17) is 11.6 Å². The second kappa shape index (κ2) is 6.11. The van der Waals surface area contributed by atoms with Gasteiger partial charge in [0.1, 0.15) is 0 Å². The molecule has 15 heavy (non-hydrogen) atoms. The fourth-order valence-electron chi connectivity index (χ4n) is 1.36. The van der Waals surface area contributed by atoms with Crippen molar-refractivity contribution >= 4 is 11.6 Å². The van der Waals surface area contributed by atoms with E-state index in [1.54, 1.807) is 6.07 Å². The van der Waals surface area contributed by atoms with Gasteiger partial charge in [-0.25, -0.2) is 0 Å². The van der Waals surface area contributed by atoms with Crippen LogP contribution in [-0.2, 0) is 0 Å². The Kier molecular flexibility index (Phi) is 5.09. The molecule has 1 atom stereocenters. The third-order valence-corrected chi connectivity index (χ3v) is 2.50. The van der Waals surface area contributed by atoms with Gasteiger partial charge in [-0.15, -0.1) is 0 Å². The quantitative estimate of drug-likeness (QED) is 0.811. The molecule has 0 aliphatic rings. The van der Waals surface area contributed by atoms with Crippen LogP contribution in [0.25, 0.3) is 0 Å². The molecule has 0 aromatic heterocycles. The Morgan fingerprint density at radius 3 is 2.53 bits per heavy atom. The van der Waals surface area contributed by atoms with Crippen molar-refractivity contribution in [1.29, 1.82) is 0 Å². The normalized spacial score (nSPS) is 13.1. The Balaban J connectivity index is 2.47. The Hall–Kier alpha value is -0.570. The van der Waals surface area contributed by atoms with Gasteiger partial charge in [0.05, 0.1) is 6.10 Å². The first kappa shape index (κ1) is 12.5. The van der Waals surface area contributed by atoms with Gasteiger partial charge in [0.15, 0.2) is 0 Å². The molecule has 0 saturated heterocycles. The predicted molar refractivity (Wildman–Crippen MR) is 64.1 cm³/mol. The summed E-state index contributed by atoms with van der Waals surface area (Å²) in [5.41, 5.74) is 0.787. The minimum atomic E-state index is -0.530. The fraction of sp³-hybridized carbons (Fsp3) is 0.500. The van der Waals surface area contributed by atoms with Crippen molar-refractivity contribution in [2.24, 2.45) is 5.92 Å². The van der Waals surface area contributed by atoms with Crippen molar-refractivity contribution < 1.29 is 5.11 Å². The van der Waals surface area contributed by atoms with Crippen molar-refractivity contribution in [1.82, 2.24) is 5.32 Å². The lowest BCUT2D eigenvalue weighted by Crippen LogP contribution is -2.25. The van der Waals surface area contributed by atoms with Gasteiger partial charge in [0.25, 0.3) is 0 Å². The van der Waals surface area contributed by atoms with Crippen molar-refractivity contribution in [2.45, 2.75) is 20.0 Å². The van der Waals surface area contributed by atoms with Crippen LogP contribution in [0, 0.1) is 5.92 Å². The predicted octanol–water partition coefficient (Wildman–Crippen LogP) is 2.62. The van der Waals surface area contributed by atoms with Gasteiger partial charge in [0, 0.05) is 17.1 Å². The van der Waals surface area contributed by atoms with Gasteiger partial charge in [0.2, 0.25) is 0 Å². The molecule has 1 aromatic carbocycles. The Morgan fingerprint density at radius 2 is 1.93 bits per heavy atom. The number of benzene rings is 1. The molecule has 0 radical (unpaired) electrons. The topological polar surface area (TPSA) is 32.3 Å². The summed E-state index contributed by atoms with van der Waals surface area (Å²) in [6, 6.07) is 7.39. The molecule has 0 fully saturated rings. The molecule has 0 aliphatic heterocycles. The van der Waals surface area contributed by atoms with Crippen LogP contribution in [-0.4, -0.2) is 18.2 Å². The highest BCUT2D eigenvalue weighted by Gasteiger charge is 2.10. The average molecular weight is 228 g/mol. The van der Waals surface area contributed by atoms with E-state index in [1.807, 2.05) is 18.2 Å². The average Bonchev–Trinajstić information content (AvgIpc) is 2.17. The summed E-state index contributed by atoms with van der Waals surface area (Å²) in [5.74, 6) is 0.587. The molecule has 84 valence electrons. The first-order valence-corrected chi connectivity index (χ1v) is 5.62. The number of aliphatic hydroxyl groups is 1. The second-order valence-corrected chi connectivity index (χ2v) is 4.50. The van der Waals surface area contributed by atoms with Crippen molar-refractivity contribution in [2.75, 3.05) is 13.1 Å². The van der Waals surface area contributed by atoms with Crippen LogP contribution in [0.15, 0.2) is 24.3 Å². The fourth-order valence-corrected chi connectivity index (χ4v) is 1.63. The van der Waals surface area contributed by atoms with E-state index in [0.717, 1.165) is 12.1 Å². The van der Waals surface area contributed by atoms with E-state index in [9.17, 15) is 5.11 Å². The minimum Gasteiger partial charge on any atom is -0.387 e. The van der Waals surface area contributed by atoms with E-state index >= 15 is 0 Å². The largest absolute Gasteiger partial charge is 0.387 e. The third-order valence-electron chi connectivity index (χ3n) is 2.15. The van der Waals surface area contributed by atoms with E-state index in [2.05, 4.69) is 19.2 Å². The number of rotatable bonds is 5. The molecule has 0 saturated carbocycles. The molecular formula is C12H18ClNO. The van der Waals surface area contributed by atoms with E-state index in [0.29, 0.717) is 17.5 Å². The molecule has 0 heterocycles. The zero-order valence-electron chi connectivity index (χ0n) is 9.20. The van der Waals surface area contributed by atoms with Crippen LogP contribution < -0.4 is 5.32 Å². The number of nitrogens with one attached hydrogen (secondary N) is 1. The summed E-state index contributed by atoms with van der Waals surface area (Å²) in [6.45, 7) is 5.72. The number of halogens is 1. The van der Waals surface area contributed by atoms with Crippen LogP contribution in [0.3, 0.4) is 0 Å². The summed E-state index contributed by atoms with van der Waals surface area (Å²) in [4.78, 5) is 0. The highest BCUT2D eigenvalue weighted by Crippen LogP contribution is 2.21. The number of aliphatic hydroxyl groups excluding tert-OH is 1. The van der Waals surface area contributed by atoms with Crippen LogP contribution >= 0.6 is 11.6 Å². The van der Waals surface area contributed by atoms with Gasteiger partial charge in [-0.3, -0.25) is 0 Å². The Morgan fingerprint density at radius 1 is 1.27 bits per heavy atom. The Labute approximate surface area is 96.3 Å². The molecule has 0 spiro atoms.